The average Bonchev–Trinajstić information content (AvgIpc) is 2.51. The lowest BCUT2D eigenvalue weighted by Crippen LogP contribution is -2.25. The maximum atomic E-state index is 13.4. The zero-order valence-electron chi connectivity index (χ0n) is 11.8. The maximum Gasteiger partial charge on any atom is 0.258 e. The Kier molecular flexibility index (Phi) is 5.10. The maximum absolute atomic E-state index is 13.4. The van der Waals surface area contributed by atoms with Crippen LogP contribution in [0, 0.1) is 23.5 Å². The molecule has 0 saturated carbocycles. The standard InChI is InChI=1S/C17H13F2NO2/c1-22-15-10-3-2-6-12(15)7-5-11-20-17(21)16-13(18)8-4-9-14(16)19/h2-4,6,8-10H,11H2,1H3,(H,20,21). The Hall–Kier alpha value is -2.87. The number of hydrogen-bond donors (Lipinski definition) is 1. The van der Waals surface area contributed by atoms with Gasteiger partial charge in [-0.2, -0.15) is 0 Å². The SMILES string of the molecule is COc1ccccc1C#CCNC(=O)c1c(F)cccc1F. The number of ether oxygens (including phenoxy) is 1. The number of rotatable bonds is 3. The monoisotopic (exact) mass is 301 g/mol. The van der Waals surface area contributed by atoms with Crippen molar-refractivity contribution in [2.75, 3.05) is 13.7 Å². The molecule has 0 radical (unpaired) electrons. The van der Waals surface area contributed by atoms with Crippen molar-refractivity contribution in [3.63, 3.8) is 0 Å². The van der Waals surface area contributed by atoms with Crippen LogP contribution in [0.25, 0.3) is 0 Å². The fourth-order valence-electron chi connectivity index (χ4n) is 1.81. The van der Waals surface area contributed by atoms with Crippen LogP contribution in [-0.4, -0.2) is 19.6 Å². The first-order chi connectivity index (χ1) is 10.6. The summed E-state index contributed by atoms with van der Waals surface area (Å²) in [5.74, 6) is 3.49. The summed E-state index contributed by atoms with van der Waals surface area (Å²) >= 11 is 0. The van der Waals surface area contributed by atoms with Gasteiger partial charge >= 0.3 is 0 Å². The number of nitrogens with one attached hydrogen (secondary N) is 1. The van der Waals surface area contributed by atoms with Gasteiger partial charge in [-0.1, -0.05) is 30.0 Å². The van der Waals surface area contributed by atoms with Gasteiger partial charge in [0.05, 0.1) is 19.2 Å². The smallest absolute Gasteiger partial charge is 0.258 e. The first kappa shape index (κ1) is 15.5. The predicted octanol–water partition coefficient (Wildman–Crippen LogP) is 2.75. The molecule has 0 aliphatic heterocycles. The van der Waals surface area contributed by atoms with Gasteiger partial charge in [-0.25, -0.2) is 8.78 Å². The molecule has 112 valence electrons. The van der Waals surface area contributed by atoms with Gasteiger partial charge in [-0.15, -0.1) is 0 Å². The van der Waals surface area contributed by atoms with E-state index in [4.69, 9.17) is 4.74 Å². The molecule has 0 fully saturated rings. The van der Waals surface area contributed by atoms with Gasteiger partial charge in [0, 0.05) is 0 Å². The van der Waals surface area contributed by atoms with Gasteiger partial charge in [0.25, 0.3) is 5.91 Å². The molecule has 0 aromatic heterocycles. The molecule has 2 aromatic rings. The Balaban J connectivity index is 2.03. The lowest BCUT2D eigenvalue weighted by molar-refractivity contribution is 0.0950. The molecule has 22 heavy (non-hydrogen) atoms. The van der Waals surface area contributed by atoms with E-state index in [1.807, 2.05) is 6.07 Å². The number of methoxy groups -OCH3 is 1. The Morgan fingerprint density at radius 1 is 1.14 bits per heavy atom. The Labute approximate surface area is 126 Å². The van der Waals surface area contributed by atoms with Crippen molar-refractivity contribution in [1.29, 1.82) is 0 Å². The topological polar surface area (TPSA) is 38.3 Å². The molecular formula is C17H13F2NO2. The third-order valence-electron chi connectivity index (χ3n) is 2.86. The molecule has 0 atom stereocenters. The number of benzene rings is 2. The third-order valence-corrected chi connectivity index (χ3v) is 2.86. The number of carbonyl (C=O) groups excluding carboxylic acids is 1. The second kappa shape index (κ2) is 7.23. The van der Waals surface area contributed by atoms with Crippen molar-refractivity contribution in [2.24, 2.45) is 0 Å². The minimum absolute atomic E-state index is 0.0370. The number of para-hydroxylation sites is 1. The number of halogens is 2. The summed E-state index contributed by atoms with van der Waals surface area (Å²) in [4.78, 5) is 11.7. The summed E-state index contributed by atoms with van der Waals surface area (Å²) in [6, 6.07) is 10.4. The van der Waals surface area contributed by atoms with Crippen molar-refractivity contribution in [3.8, 4) is 17.6 Å². The van der Waals surface area contributed by atoms with E-state index < -0.39 is 23.1 Å². The van der Waals surface area contributed by atoms with Crippen LogP contribution in [0.2, 0.25) is 0 Å². The third kappa shape index (κ3) is 3.61. The summed E-state index contributed by atoms with van der Waals surface area (Å²) in [6.07, 6.45) is 0. The van der Waals surface area contributed by atoms with Crippen LogP contribution < -0.4 is 10.1 Å². The number of hydrogen-bond acceptors (Lipinski definition) is 2. The molecule has 0 spiro atoms. The first-order valence-corrected chi connectivity index (χ1v) is 6.47. The second-order valence-corrected chi connectivity index (χ2v) is 4.28. The van der Waals surface area contributed by atoms with E-state index >= 15 is 0 Å². The van der Waals surface area contributed by atoms with Crippen molar-refractivity contribution < 1.29 is 18.3 Å². The van der Waals surface area contributed by atoms with E-state index in [2.05, 4.69) is 17.2 Å². The van der Waals surface area contributed by atoms with E-state index in [1.165, 1.54) is 13.2 Å². The average molecular weight is 301 g/mol. The Bertz CT molecular complexity index is 728. The van der Waals surface area contributed by atoms with Crippen molar-refractivity contribution in [1.82, 2.24) is 5.32 Å². The fourth-order valence-corrected chi connectivity index (χ4v) is 1.81. The minimum atomic E-state index is -0.907. The summed E-state index contributed by atoms with van der Waals surface area (Å²) < 4.78 is 32.0. The molecule has 0 unspecified atom stereocenters. The summed E-state index contributed by atoms with van der Waals surface area (Å²) in [5, 5.41) is 2.35. The zero-order valence-corrected chi connectivity index (χ0v) is 11.8. The van der Waals surface area contributed by atoms with Crippen molar-refractivity contribution in [3.05, 3.63) is 65.2 Å². The fraction of sp³-hybridized carbons (Fsp3) is 0.118. The van der Waals surface area contributed by atoms with E-state index in [1.54, 1.807) is 18.2 Å². The van der Waals surface area contributed by atoms with Gasteiger partial charge in [0.15, 0.2) is 0 Å². The van der Waals surface area contributed by atoms with Gasteiger partial charge in [-0.3, -0.25) is 4.79 Å². The molecule has 0 heterocycles. The molecule has 3 nitrogen and oxygen atoms in total. The second-order valence-electron chi connectivity index (χ2n) is 4.28. The number of carbonyl (C=O) groups is 1. The predicted molar refractivity (Wildman–Crippen MR) is 78.6 cm³/mol. The molecule has 5 heteroatoms. The molecule has 0 bridgehead atoms. The molecule has 1 amide bonds. The normalized spacial score (nSPS) is 9.59. The lowest BCUT2D eigenvalue weighted by Gasteiger charge is -2.04. The highest BCUT2D eigenvalue weighted by Crippen LogP contribution is 2.15. The van der Waals surface area contributed by atoms with Crippen LogP contribution in [0.15, 0.2) is 42.5 Å². The molecule has 2 aromatic carbocycles. The molecule has 2 rings (SSSR count). The van der Waals surface area contributed by atoms with Crippen LogP contribution in [0.1, 0.15) is 15.9 Å². The summed E-state index contributed by atoms with van der Waals surface area (Å²) in [6.45, 7) is -0.0370. The van der Waals surface area contributed by atoms with E-state index in [9.17, 15) is 13.6 Å². The molecular weight excluding hydrogens is 288 g/mol. The molecule has 1 N–H and O–H groups in total. The van der Waals surface area contributed by atoms with Crippen LogP contribution >= 0.6 is 0 Å². The molecule has 0 aliphatic carbocycles. The highest BCUT2D eigenvalue weighted by Gasteiger charge is 2.15. The summed E-state index contributed by atoms with van der Waals surface area (Å²) in [7, 11) is 1.53. The lowest BCUT2D eigenvalue weighted by atomic mass is 10.2. The van der Waals surface area contributed by atoms with Gasteiger partial charge in [0.1, 0.15) is 22.9 Å². The highest BCUT2D eigenvalue weighted by atomic mass is 19.1. The number of amides is 1. The minimum Gasteiger partial charge on any atom is -0.495 e. The highest BCUT2D eigenvalue weighted by molar-refractivity contribution is 5.94. The molecule has 0 saturated heterocycles. The first-order valence-electron chi connectivity index (χ1n) is 6.47. The van der Waals surface area contributed by atoms with Crippen LogP contribution in [0.5, 0.6) is 5.75 Å². The van der Waals surface area contributed by atoms with Gasteiger partial charge in [0.2, 0.25) is 0 Å². The van der Waals surface area contributed by atoms with Crippen LogP contribution in [0.4, 0.5) is 8.78 Å². The van der Waals surface area contributed by atoms with Crippen molar-refractivity contribution >= 4 is 5.91 Å². The van der Waals surface area contributed by atoms with Gasteiger partial charge < -0.3 is 10.1 Å². The van der Waals surface area contributed by atoms with E-state index in [0.717, 1.165) is 12.1 Å². The summed E-state index contributed by atoms with van der Waals surface area (Å²) in [5.41, 5.74) is 0.0536. The van der Waals surface area contributed by atoms with E-state index in [-0.39, 0.29) is 6.54 Å². The van der Waals surface area contributed by atoms with Crippen molar-refractivity contribution in [2.45, 2.75) is 0 Å². The van der Waals surface area contributed by atoms with Crippen LogP contribution in [-0.2, 0) is 0 Å². The van der Waals surface area contributed by atoms with Gasteiger partial charge in [-0.05, 0) is 24.3 Å². The zero-order chi connectivity index (χ0) is 15.9. The largest absolute Gasteiger partial charge is 0.495 e. The Morgan fingerprint density at radius 3 is 2.50 bits per heavy atom. The quantitative estimate of drug-likeness (QED) is 0.885. The van der Waals surface area contributed by atoms with E-state index in [0.29, 0.717) is 11.3 Å². The van der Waals surface area contributed by atoms with Crippen LogP contribution in [0.3, 0.4) is 0 Å². The Morgan fingerprint density at radius 2 is 1.82 bits per heavy atom. The molecule has 0 aliphatic rings.